The van der Waals surface area contributed by atoms with E-state index in [-0.39, 0.29) is 5.41 Å². The van der Waals surface area contributed by atoms with E-state index in [2.05, 4.69) is 17.2 Å². The van der Waals surface area contributed by atoms with Crippen molar-refractivity contribution in [2.24, 2.45) is 5.41 Å². The topological polar surface area (TPSA) is 61.8 Å². The Morgan fingerprint density at radius 1 is 1.29 bits per heavy atom. The molecule has 0 bridgehead atoms. The van der Waals surface area contributed by atoms with Crippen molar-refractivity contribution >= 4 is 0 Å². The van der Waals surface area contributed by atoms with Gasteiger partial charge in [0.05, 0.1) is 26.0 Å². The molecule has 134 valence electrons. The van der Waals surface area contributed by atoms with Crippen LogP contribution >= 0.6 is 0 Å². The van der Waals surface area contributed by atoms with Gasteiger partial charge >= 0.3 is 0 Å². The number of nitrogens with zero attached hydrogens (tertiary/aromatic N) is 1. The predicted octanol–water partition coefficient (Wildman–Crippen LogP) is 2.16. The van der Waals surface area contributed by atoms with E-state index in [9.17, 15) is 0 Å². The van der Waals surface area contributed by atoms with Crippen LogP contribution in [0.2, 0.25) is 0 Å². The van der Waals surface area contributed by atoms with Gasteiger partial charge < -0.3 is 24.3 Å². The van der Waals surface area contributed by atoms with Gasteiger partial charge in [-0.05, 0) is 26.2 Å². The van der Waals surface area contributed by atoms with Crippen LogP contribution in [0.4, 0.5) is 0 Å². The highest BCUT2D eigenvalue weighted by Crippen LogP contribution is 2.50. The molecular weight excluding hydrogens is 308 g/mol. The number of rotatable bonds is 7. The molecule has 2 atom stereocenters. The lowest BCUT2D eigenvalue weighted by molar-refractivity contribution is -0.173. The maximum absolute atomic E-state index is 5.98. The SMILES string of the molecule is CCOC1CC(NCc2nccc(OC)c2OC)C12CCOCC2. The van der Waals surface area contributed by atoms with Gasteiger partial charge in [0.15, 0.2) is 11.5 Å². The molecule has 1 aromatic heterocycles. The van der Waals surface area contributed by atoms with Crippen LogP contribution in [0, 0.1) is 5.41 Å². The molecule has 24 heavy (non-hydrogen) atoms. The number of nitrogens with one attached hydrogen (secondary N) is 1. The van der Waals surface area contributed by atoms with Gasteiger partial charge in [-0.1, -0.05) is 0 Å². The Bertz CT molecular complexity index is 546. The van der Waals surface area contributed by atoms with Crippen LogP contribution in [-0.2, 0) is 16.0 Å². The van der Waals surface area contributed by atoms with E-state index >= 15 is 0 Å². The molecule has 0 amide bonds. The Balaban J connectivity index is 1.68. The maximum atomic E-state index is 5.98. The second-order valence-electron chi connectivity index (χ2n) is 6.45. The highest BCUT2D eigenvalue weighted by Gasteiger charge is 2.55. The summed E-state index contributed by atoms with van der Waals surface area (Å²) in [5.74, 6) is 1.42. The van der Waals surface area contributed by atoms with E-state index in [1.54, 1.807) is 20.4 Å². The molecule has 1 aromatic rings. The first-order valence-corrected chi connectivity index (χ1v) is 8.73. The van der Waals surface area contributed by atoms with Gasteiger partial charge in [-0.2, -0.15) is 0 Å². The largest absolute Gasteiger partial charge is 0.493 e. The van der Waals surface area contributed by atoms with Gasteiger partial charge in [0.2, 0.25) is 0 Å². The molecule has 6 heteroatoms. The standard InChI is InChI=1S/C18H28N2O4/c1-4-24-16-11-15(18(16)6-9-23-10-7-18)20-12-13-17(22-3)14(21-2)5-8-19-13/h5,8,15-16,20H,4,6-7,9-12H2,1-3H3. The first kappa shape index (κ1) is 17.5. The molecule has 0 radical (unpaired) electrons. The lowest BCUT2D eigenvalue weighted by Gasteiger charge is -2.57. The lowest BCUT2D eigenvalue weighted by atomic mass is 9.57. The first-order valence-electron chi connectivity index (χ1n) is 8.73. The summed E-state index contributed by atoms with van der Waals surface area (Å²) in [4.78, 5) is 4.45. The van der Waals surface area contributed by atoms with Gasteiger partial charge in [0.25, 0.3) is 0 Å². The number of aromatic nitrogens is 1. The van der Waals surface area contributed by atoms with Gasteiger partial charge in [0.1, 0.15) is 0 Å². The number of methoxy groups -OCH3 is 2. The second-order valence-corrected chi connectivity index (χ2v) is 6.45. The van der Waals surface area contributed by atoms with Crippen LogP contribution in [0.25, 0.3) is 0 Å². The zero-order valence-electron chi connectivity index (χ0n) is 14.8. The van der Waals surface area contributed by atoms with E-state index < -0.39 is 0 Å². The molecule has 1 aliphatic carbocycles. The normalized spacial score (nSPS) is 25.3. The minimum atomic E-state index is 0.195. The number of ether oxygens (including phenoxy) is 4. The Morgan fingerprint density at radius 3 is 2.75 bits per heavy atom. The van der Waals surface area contributed by atoms with Crippen molar-refractivity contribution in [1.29, 1.82) is 0 Å². The predicted molar refractivity (Wildman–Crippen MR) is 90.5 cm³/mol. The van der Waals surface area contributed by atoms with Crippen molar-refractivity contribution in [3.05, 3.63) is 18.0 Å². The molecule has 1 aliphatic heterocycles. The maximum Gasteiger partial charge on any atom is 0.183 e. The molecule has 0 aromatic carbocycles. The van der Waals surface area contributed by atoms with Crippen molar-refractivity contribution in [3.8, 4) is 11.5 Å². The van der Waals surface area contributed by atoms with Crippen molar-refractivity contribution in [2.45, 2.75) is 44.9 Å². The fraction of sp³-hybridized carbons (Fsp3) is 0.722. The summed E-state index contributed by atoms with van der Waals surface area (Å²) in [7, 11) is 3.29. The Kier molecular flexibility index (Phi) is 5.58. The monoisotopic (exact) mass is 336 g/mol. The number of hydrogen-bond acceptors (Lipinski definition) is 6. The summed E-state index contributed by atoms with van der Waals surface area (Å²) in [6.45, 7) is 5.14. The Morgan fingerprint density at radius 2 is 2.08 bits per heavy atom. The fourth-order valence-electron chi connectivity index (χ4n) is 4.09. The van der Waals surface area contributed by atoms with Crippen LogP contribution in [0.5, 0.6) is 11.5 Å². The molecule has 1 saturated carbocycles. The summed E-state index contributed by atoms with van der Waals surface area (Å²) in [5.41, 5.74) is 1.07. The highest BCUT2D eigenvalue weighted by molar-refractivity contribution is 5.42. The van der Waals surface area contributed by atoms with Crippen molar-refractivity contribution in [2.75, 3.05) is 34.0 Å². The number of hydrogen-bond donors (Lipinski definition) is 1. The molecule has 2 fully saturated rings. The van der Waals surface area contributed by atoms with Gasteiger partial charge in [0, 0.05) is 50.1 Å². The van der Waals surface area contributed by atoms with Crippen molar-refractivity contribution in [1.82, 2.24) is 10.3 Å². The highest BCUT2D eigenvalue weighted by atomic mass is 16.5. The van der Waals surface area contributed by atoms with E-state index in [0.29, 0.717) is 30.2 Å². The smallest absolute Gasteiger partial charge is 0.183 e. The average Bonchev–Trinajstić information content (AvgIpc) is 2.64. The summed E-state index contributed by atoms with van der Waals surface area (Å²) in [6.07, 6.45) is 5.24. The lowest BCUT2D eigenvalue weighted by Crippen LogP contribution is -2.65. The van der Waals surface area contributed by atoms with Crippen LogP contribution in [-0.4, -0.2) is 51.2 Å². The average molecular weight is 336 g/mol. The van der Waals surface area contributed by atoms with E-state index in [4.69, 9.17) is 18.9 Å². The fourth-order valence-corrected chi connectivity index (χ4v) is 4.09. The molecule has 3 rings (SSSR count). The van der Waals surface area contributed by atoms with Crippen LogP contribution < -0.4 is 14.8 Å². The first-order chi connectivity index (χ1) is 11.7. The van der Waals surface area contributed by atoms with Gasteiger partial charge in [-0.15, -0.1) is 0 Å². The van der Waals surface area contributed by atoms with Crippen LogP contribution in [0.1, 0.15) is 31.9 Å². The third-order valence-electron chi connectivity index (χ3n) is 5.46. The van der Waals surface area contributed by atoms with Crippen molar-refractivity contribution < 1.29 is 18.9 Å². The zero-order valence-corrected chi connectivity index (χ0v) is 14.8. The summed E-state index contributed by atoms with van der Waals surface area (Å²) in [6, 6.07) is 2.24. The molecule has 2 aliphatic rings. The molecule has 1 spiro atoms. The van der Waals surface area contributed by atoms with Crippen LogP contribution in [0.15, 0.2) is 12.3 Å². The van der Waals surface area contributed by atoms with Gasteiger partial charge in [-0.25, -0.2) is 0 Å². The summed E-state index contributed by atoms with van der Waals surface area (Å²) < 4.78 is 22.4. The number of pyridine rings is 1. The molecule has 6 nitrogen and oxygen atoms in total. The van der Waals surface area contributed by atoms with Crippen molar-refractivity contribution in [3.63, 3.8) is 0 Å². The molecular formula is C18H28N2O4. The molecule has 2 unspecified atom stereocenters. The van der Waals surface area contributed by atoms with E-state index in [0.717, 1.165) is 44.8 Å². The quantitative estimate of drug-likeness (QED) is 0.823. The third kappa shape index (κ3) is 3.10. The van der Waals surface area contributed by atoms with E-state index in [1.165, 1.54) is 0 Å². The minimum absolute atomic E-state index is 0.195. The molecule has 2 heterocycles. The second kappa shape index (κ2) is 7.68. The molecule has 1 saturated heterocycles. The third-order valence-corrected chi connectivity index (χ3v) is 5.46. The molecule has 1 N–H and O–H groups in total. The minimum Gasteiger partial charge on any atom is -0.493 e. The Labute approximate surface area is 143 Å². The van der Waals surface area contributed by atoms with E-state index in [1.807, 2.05) is 6.07 Å². The van der Waals surface area contributed by atoms with Gasteiger partial charge in [-0.3, -0.25) is 4.98 Å². The Hall–Kier alpha value is -1.37. The summed E-state index contributed by atoms with van der Waals surface area (Å²) >= 11 is 0. The zero-order chi connectivity index (χ0) is 17.0. The summed E-state index contributed by atoms with van der Waals surface area (Å²) in [5, 5.41) is 3.68. The van der Waals surface area contributed by atoms with Crippen LogP contribution in [0.3, 0.4) is 0 Å².